The minimum absolute atomic E-state index is 0.0602. The van der Waals surface area contributed by atoms with E-state index in [1.807, 2.05) is 18.2 Å². The molecule has 0 radical (unpaired) electrons. The molecule has 0 spiro atoms. The molecule has 2 N–H and O–H groups in total. The molecule has 1 fully saturated rings. The first kappa shape index (κ1) is 19.1. The summed E-state index contributed by atoms with van der Waals surface area (Å²) in [5.74, 6) is 0.101. The van der Waals surface area contributed by atoms with Gasteiger partial charge in [-0.05, 0) is 30.7 Å². The molecule has 0 bridgehead atoms. The molecule has 2 amide bonds. The van der Waals surface area contributed by atoms with E-state index >= 15 is 0 Å². The van der Waals surface area contributed by atoms with Crippen molar-refractivity contribution in [1.29, 1.82) is 0 Å². The summed E-state index contributed by atoms with van der Waals surface area (Å²) in [5.41, 5.74) is 2.84. The van der Waals surface area contributed by atoms with Crippen LogP contribution in [0.1, 0.15) is 35.2 Å². The van der Waals surface area contributed by atoms with E-state index in [1.165, 1.54) is 10.5 Å². The Hall–Kier alpha value is -2.66. The Morgan fingerprint density at radius 3 is 2.52 bits per heavy atom. The predicted molar refractivity (Wildman–Crippen MR) is 107 cm³/mol. The average Bonchev–Trinajstić information content (AvgIpc) is 3.12. The van der Waals surface area contributed by atoms with Crippen molar-refractivity contribution >= 4 is 17.5 Å². The van der Waals surface area contributed by atoms with Crippen LogP contribution in [0.3, 0.4) is 0 Å². The molecule has 0 aliphatic carbocycles. The topological polar surface area (TPSA) is 53.9 Å². The normalized spacial score (nSPS) is 15.0. The number of anilines is 1. The number of benzene rings is 2. The molecule has 27 heavy (non-hydrogen) atoms. The van der Waals surface area contributed by atoms with Crippen LogP contribution >= 0.6 is 0 Å². The Bertz CT molecular complexity index is 759. The lowest BCUT2D eigenvalue weighted by Crippen LogP contribution is -3.07. The minimum atomic E-state index is -0.0602. The highest BCUT2D eigenvalue weighted by Gasteiger charge is 2.21. The van der Waals surface area contributed by atoms with Crippen molar-refractivity contribution in [3.63, 3.8) is 0 Å². The molecule has 1 aliphatic rings. The first-order valence-electron chi connectivity index (χ1n) is 9.67. The van der Waals surface area contributed by atoms with Crippen LogP contribution in [0.5, 0.6) is 0 Å². The van der Waals surface area contributed by atoms with Crippen LogP contribution in [-0.4, -0.2) is 38.5 Å². The van der Waals surface area contributed by atoms with Gasteiger partial charge in [0.25, 0.3) is 5.91 Å². The van der Waals surface area contributed by atoms with Crippen molar-refractivity contribution in [2.75, 3.05) is 31.6 Å². The van der Waals surface area contributed by atoms with E-state index in [0.717, 1.165) is 38.2 Å². The van der Waals surface area contributed by atoms with Gasteiger partial charge in [0.2, 0.25) is 5.91 Å². The molecule has 1 heterocycles. The maximum Gasteiger partial charge on any atom is 0.251 e. The van der Waals surface area contributed by atoms with Crippen molar-refractivity contribution in [3.8, 4) is 0 Å². The maximum absolute atomic E-state index is 12.3. The summed E-state index contributed by atoms with van der Waals surface area (Å²) in [7, 11) is 2.17. The van der Waals surface area contributed by atoms with Gasteiger partial charge in [0.1, 0.15) is 6.54 Å². The number of hydrogen-bond donors (Lipinski definition) is 2. The van der Waals surface area contributed by atoms with Gasteiger partial charge in [0.15, 0.2) is 0 Å². The van der Waals surface area contributed by atoms with Crippen molar-refractivity contribution in [2.45, 2.75) is 25.8 Å². The molecule has 5 heteroatoms. The van der Waals surface area contributed by atoms with Gasteiger partial charge < -0.3 is 15.1 Å². The van der Waals surface area contributed by atoms with E-state index in [0.29, 0.717) is 18.5 Å². The summed E-state index contributed by atoms with van der Waals surface area (Å²) in [6, 6.07) is 17.7. The minimum Gasteiger partial charge on any atom is -0.352 e. The third-order valence-corrected chi connectivity index (χ3v) is 4.93. The number of hydrogen-bond acceptors (Lipinski definition) is 2. The molecular weight excluding hydrogens is 338 g/mol. The smallest absolute Gasteiger partial charge is 0.251 e. The molecule has 0 aromatic heterocycles. The van der Waals surface area contributed by atoms with Crippen LogP contribution in [0.4, 0.5) is 5.69 Å². The fraction of sp³-hybridized carbons (Fsp3) is 0.364. The molecule has 142 valence electrons. The van der Waals surface area contributed by atoms with Crippen molar-refractivity contribution in [3.05, 3.63) is 65.7 Å². The molecule has 2 aromatic rings. The Morgan fingerprint density at radius 2 is 1.85 bits per heavy atom. The van der Waals surface area contributed by atoms with Gasteiger partial charge in [-0.3, -0.25) is 9.59 Å². The van der Waals surface area contributed by atoms with Gasteiger partial charge in [-0.1, -0.05) is 30.3 Å². The van der Waals surface area contributed by atoms with E-state index in [4.69, 9.17) is 0 Å². The van der Waals surface area contributed by atoms with Crippen molar-refractivity contribution < 1.29 is 14.5 Å². The molecule has 1 unspecified atom stereocenters. The first-order valence-corrected chi connectivity index (χ1v) is 9.67. The van der Waals surface area contributed by atoms with Crippen LogP contribution in [0.2, 0.25) is 0 Å². The zero-order chi connectivity index (χ0) is 19.1. The number of nitrogens with one attached hydrogen (secondary N) is 2. The molecular formula is C22H28N3O2+. The Morgan fingerprint density at radius 1 is 1.11 bits per heavy atom. The maximum atomic E-state index is 12.3. The second kappa shape index (κ2) is 9.33. The van der Waals surface area contributed by atoms with Gasteiger partial charge in [-0.2, -0.15) is 0 Å². The van der Waals surface area contributed by atoms with E-state index in [9.17, 15) is 9.59 Å². The predicted octanol–water partition coefficient (Wildman–Crippen LogP) is 1.65. The van der Waals surface area contributed by atoms with Crippen molar-refractivity contribution in [1.82, 2.24) is 5.32 Å². The van der Waals surface area contributed by atoms with Gasteiger partial charge >= 0.3 is 0 Å². The van der Waals surface area contributed by atoms with Crippen molar-refractivity contribution in [2.24, 2.45) is 0 Å². The van der Waals surface area contributed by atoms with Crippen LogP contribution in [0.25, 0.3) is 0 Å². The second-order valence-electron chi connectivity index (χ2n) is 7.17. The zero-order valence-corrected chi connectivity index (χ0v) is 15.9. The van der Waals surface area contributed by atoms with Crippen LogP contribution in [0.15, 0.2) is 54.6 Å². The monoisotopic (exact) mass is 366 g/mol. The highest BCUT2D eigenvalue weighted by molar-refractivity contribution is 5.97. The van der Waals surface area contributed by atoms with E-state index < -0.39 is 0 Å². The number of amides is 2. The lowest BCUT2D eigenvalue weighted by molar-refractivity contribution is -0.893. The second-order valence-corrected chi connectivity index (χ2v) is 7.17. The number of quaternary nitrogens is 1. The number of carbonyl (C=O) groups excluding carboxylic acids is 2. The van der Waals surface area contributed by atoms with Crippen LogP contribution in [0, 0.1) is 0 Å². The molecule has 2 aromatic carbocycles. The Balaban J connectivity index is 1.39. The molecule has 1 saturated heterocycles. The standard InChI is InChI=1S/C22H27N3O2/c1-24(17-18-7-3-2-4-8-18)15-6-14-23-22(27)19-10-12-20(13-11-19)25-16-5-9-21(25)26/h2-4,7-8,10-13H,5-6,9,14-17H2,1H3,(H,23,27)/p+1. The number of carbonyl (C=O) groups is 2. The summed E-state index contributed by atoms with van der Waals surface area (Å²) in [6.45, 7) is 3.43. The summed E-state index contributed by atoms with van der Waals surface area (Å²) in [4.78, 5) is 27.3. The molecule has 1 atom stereocenters. The largest absolute Gasteiger partial charge is 0.352 e. The van der Waals surface area contributed by atoms with Gasteiger partial charge in [0.05, 0.1) is 13.6 Å². The molecule has 0 saturated carbocycles. The number of nitrogens with zero attached hydrogens (tertiary/aromatic N) is 1. The van der Waals surface area contributed by atoms with Gasteiger partial charge in [0, 0.05) is 42.7 Å². The first-order chi connectivity index (χ1) is 13.1. The fourth-order valence-electron chi connectivity index (χ4n) is 3.44. The molecule has 5 nitrogen and oxygen atoms in total. The third kappa shape index (κ3) is 5.41. The average molecular weight is 366 g/mol. The van der Waals surface area contributed by atoms with E-state index in [2.05, 4.69) is 36.6 Å². The summed E-state index contributed by atoms with van der Waals surface area (Å²) in [5, 5.41) is 2.98. The Labute approximate surface area is 161 Å². The van der Waals surface area contributed by atoms with E-state index in [1.54, 1.807) is 17.0 Å². The highest BCUT2D eigenvalue weighted by atomic mass is 16.2. The highest BCUT2D eigenvalue weighted by Crippen LogP contribution is 2.21. The summed E-state index contributed by atoms with van der Waals surface area (Å²) < 4.78 is 0. The fourth-order valence-corrected chi connectivity index (χ4v) is 3.44. The summed E-state index contributed by atoms with van der Waals surface area (Å²) in [6.07, 6.45) is 2.45. The van der Waals surface area contributed by atoms with Gasteiger partial charge in [-0.15, -0.1) is 0 Å². The quantitative estimate of drug-likeness (QED) is 0.698. The third-order valence-electron chi connectivity index (χ3n) is 4.93. The number of rotatable bonds is 8. The lowest BCUT2D eigenvalue weighted by Gasteiger charge is -2.16. The van der Waals surface area contributed by atoms with Crippen LogP contribution < -0.4 is 15.1 Å². The molecule has 1 aliphatic heterocycles. The SMILES string of the molecule is C[NH+](CCCNC(=O)c1ccc(N2CCCC2=O)cc1)Cc1ccccc1. The lowest BCUT2D eigenvalue weighted by atomic mass is 10.2. The van der Waals surface area contributed by atoms with Gasteiger partial charge in [-0.25, -0.2) is 0 Å². The van der Waals surface area contributed by atoms with Crippen LogP contribution in [-0.2, 0) is 11.3 Å². The zero-order valence-electron chi connectivity index (χ0n) is 15.9. The molecule has 3 rings (SSSR count). The summed E-state index contributed by atoms with van der Waals surface area (Å²) >= 11 is 0. The van der Waals surface area contributed by atoms with E-state index in [-0.39, 0.29) is 11.8 Å². The Kier molecular flexibility index (Phi) is 6.60.